The summed E-state index contributed by atoms with van der Waals surface area (Å²) in [7, 11) is 0. The van der Waals surface area contributed by atoms with Crippen LogP contribution < -0.4 is 0 Å². The highest BCUT2D eigenvalue weighted by Crippen LogP contribution is 2.17. The fourth-order valence-electron chi connectivity index (χ4n) is 2.87. The molecule has 2 heterocycles. The lowest BCUT2D eigenvalue weighted by Crippen LogP contribution is -2.46. The summed E-state index contributed by atoms with van der Waals surface area (Å²) in [5.41, 5.74) is 1.57. The minimum atomic E-state index is -0.717. The zero-order valence-electron chi connectivity index (χ0n) is 13.9. The van der Waals surface area contributed by atoms with Crippen LogP contribution in [-0.4, -0.2) is 46.6 Å². The first-order valence-corrected chi connectivity index (χ1v) is 8.16. The molecule has 1 amide bonds. The van der Waals surface area contributed by atoms with Crippen LogP contribution >= 0.6 is 0 Å². The third kappa shape index (κ3) is 4.36. The quantitative estimate of drug-likeness (QED) is 0.853. The number of carbonyl (C=O) groups excluding carboxylic acids is 1. The van der Waals surface area contributed by atoms with E-state index in [0.29, 0.717) is 32.5 Å². The molecule has 1 saturated heterocycles. The number of ether oxygens (including phenoxy) is 1. The largest absolute Gasteiger partial charge is 0.375 e. The van der Waals surface area contributed by atoms with Crippen molar-refractivity contribution in [3.8, 4) is 0 Å². The molecule has 0 saturated carbocycles. The number of hydrogen-bond donors (Lipinski definition) is 0. The van der Waals surface area contributed by atoms with Crippen LogP contribution in [0.1, 0.15) is 28.2 Å². The first-order valence-electron chi connectivity index (χ1n) is 8.16. The van der Waals surface area contributed by atoms with Crippen LogP contribution in [0.5, 0.6) is 0 Å². The lowest BCUT2D eigenvalue weighted by atomic mass is 10.1. The van der Waals surface area contributed by atoms with Gasteiger partial charge in [-0.1, -0.05) is 0 Å². The monoisotopic (exact) mass is 347 g/mol. The van der Waals surface area contributed by atoms with E-state index < -0.39 is 17.5 Å². The second kappa shape index (κ2) is 7.65. The standard InChI is InChI=1S/C18H19F2N3O2/c1-12-8-14(22-11-21-12)3-4-15-10-23(6-7-25-15)18(24)16-9-13(19)2-5-17(16)20/h2,5,8-9,11,15H,3-4,6-7,10H2,1H3/t15-/m1/s1. The van der Waals surface area contributed by atoms with Crippen LogP contribution in [0.15, 0.2) is 30.6 Å². The fraction of sp³-hybridized carbons (Fsp3) is 0.389. The first kappa shape index (κ1) is 17.4. The highest BCUT2D eigenvalue weighted by atomic mass is 19.1. The van der Waals surface area contributed by atoms with Crippen molar-refractivity contribution in [3.05, 3.63) is 59.2 Å². The average Bonchev–Trinajstić information content (AvgIpc) is 2.62. The Morgan fingerprint density at radius 1 is 1.32 bits per heavy atom. The normalized spacial score (nSPS) is 17.6. The number of hydrogen-bond acceptors (Lipinski definition) is 4. The number of nitrogens with zero attached hydrogens (tertiary/aromatic N) is 3. The van der Waals surface area contributed by atoms with Crippen LogP contribution in [0, 0.1) is 18.6 Å². The fourth-order valence-corrected chi connectivity index (χ4v) is 2.87. The Morgan fingerprint density at radius 3 is 2.96 bits per heavy atom. The summed E-state index contributed by atoms with van der Waals surface area (Å²) < 4.78 is 32.8. The summed E-state index contributed by atoms with van der Waals surface area (Å²) >= 11 is 0. The van der Waals surface area contributed by atoms with E-state index in [1.54, 1.807) is 0 Å². The van der Waals surface area contributed by atoms with Crippen LogP contribution in [0.25, 0.3) is 0 Å². The van der Waals surface area contributed by atoms with Gasteiger partial charge in [0.2, 0.25) is 0 Å². The maximum Gasteiger partial charge on any atom is 0.257 e. The molecule has 0 aliphatic carbocycles. The highest BCUT2D eigenvalue weighted by molar-refractivity contribution is 5.94. The summed E-state index contributed by atoms with van der Waals surface area (Å²) in [5.74, 6) is -1.86. The molecule has 132 valence electrons. The van der Waals surface area contributed by atoms with Crippen molar-refractivity contribution >= 4 is 5.91 Å². The van der Waals surface area contributed by atoms with Crippen molar-refractivity contribution in [1.82, 2.24) is 14.9 Å². The lowest BCUT2D eigenvalue weighted by molar-refractivity contribution is -0.0248. The topological polar surface area (TPSA) is 55.3 Å². The number of rotatable bonds is 4. The van der Waals surface area contributed by atoms with Crippen molar-refractivity contribution in [2.75, 3.05) is 19.7 Å². The summed E-state index contributed by atoms with van der Waals surface area (Å²) in [6, 6.07) is 4.82. The van der Waals surface area contributed by atoms with E-state index in [4.69, 9.17) is 4.74 Å². The van der Waals surface area contributed by atoms with Crippen molar-refractivity contribution < 1.29 is 18.3 Å². The molecule has 3 rings (SSSR count). The Bertz CT molecular complexity index is 770. The second-order valence-corrected chi connectivity index (χ2v) is 6.06. The van der Waals surface area contributed by atoms with Crippen LogP contribution in [0.2, 0.25) is 0 Å². The van der Waals surface area contributed by atoms with Crippen molar-refractivity contribution in [2.24, 2.45) is 0 Å². The van der Waals surface area contributed by atoms with Crippen molar-refractivity contribution in [2.45, 2.75) is 25.9 Å². The maximum absolute atomic E-state index is 13.8. The number of carbonyl (C=O) groups is 1. The van der Waals surface area contributed by atoms with Gasteiger partial charge in [-0.3, -0.25) is 4.79 Å². The molecular weight excluding hydrogens is 328 g/mol. The molecule has 0 N–H and O–H groups in total. The SMILES string of the molecule is Cc1cc(CC[C@@H]2CN(C(=O)c3cc(F)ccc3F)CCO2)ncn1. The van der Waals surface area contributed by atoms with E-state index >= 15 is 0 Å². The summed E-state index contributed by atoms with van der Waals surface area (Å²) in [6.45, 7) is 2.98. The number of aromatic nitrogens is 2. The Labute approximate surface area is 144 Å². The number of aryl methyl sites for hydroxylation is 2. The van der Waals surface area contributed by atoms with E-state index in [1.807, 2.05) is 13.0 Å². The van der Waals surface area contributed by atoms with Gasteiger partial charge >= 0.3 is 0 Å². The van der Waals surface area contributed by atoms with Crippen LogP contribution in [-0.2, 0) is 11.2 Å². The molecule has 0 spiro atoms. The zero-order valence-corrected chi connectivity index (χ0v) is 13.9. The molecule has 0 unspecified atom stereocenters. The summed E-state index contributed by atoms with van der Waals surface area (Å²) in [4.78, 5) is 22.3. The smallest absolute Gasteiger partial charge is 0.257 e. The molecule has 7 heteroatoms. The van der Waals surface area contributed by atoms with E-state index in [-0.39, 0.29) is 11.7 Å². The minimum Gasteiger partial charge on any atom is -0.375 e. The Balaban J connectivity index is 1.62. The first-order chi connectivity index (χ1) is 12.0. The van der Waals surface area contributed by atoms with Gasteiger partial charge in [-0.05, 0) is 44.0 Å². The maximum atomic E-state index is 13.8. The Hall–Kier alpha value is -2.41. The van der Waals surface area contributed by atoms with Gasteiger partial charge in [0.25, 0.3) is 5.91 Å². The molecule has 1 aliphatic heterocycles. The molecule has 1 aromatic heterocycles. The van der Waals surface area contributed by atoms with E-state index in [1.165, 1.54) is 11.2 Å². The predicted molar refractivity (Wildman–Crippen MR) is 87.1 cm³/mol. The third-order valence-electron chi connectivity index (χ3n) is 4.17. The summed E-state index contributed by atoms with van der Waals surface area (Å²) in [5, 5.41) is 0. The van der Waals surface area contributed by atoms with Gasteiger partial charge in [-0.15, -0.1) is 0 Å². The predicted octanol–water partition coefficient (Wildman–Crippen LogP) is 2.54. The second-order valence-electron chi connectivity index (χ2n) is 6.06. The van der Waals surface area contributed by atoms with Gasteiger partial charge < -0.3 is 9.64 Å². The van der Waals surface area contributed by atoms with Gasteiger partial charge in [-0.25, -0.2) is 18.7 Å². The lowest BCUT2D eigenvalue weighted by Gasteiger charge is -2.33. The molecule has 1 atom stereocenters. The van der Waals surface area contributed by atoms with E-state index in [0.717, 1.165) is 29.6 Å². The molecular formula is C18H19F2N3O2. The van der Waals surface area contributed by atoms with E-state index in [2.05, 4.69) is 9.97 Å². The molecule has 1 aliphatic rings. The number of morpholine rings is 1. The van der Waals surface area contributed by atoms with Crippen LogP contribution in [0.4, 0.5) is 8.78 Å². The zero-order chi connectivity index (χ0) is 17.8. The van der Waals surface area contributed by atoms with Gasteiger partial charge in [-0.2, -0.15) is 0 Å². The van der Waals surface area contributed by atoms with Gasteiger partial charge in [0.15, 0.2) is 0 Å². The summed E-state index contributed by atoms with van der Waals surface area (Å²) in [6.07, 6.45) is 2.75. The Kier molecular flexibility index (Phi) is 5.33. The van der Waals surface area contributed by atoms with Crippen molar-refractivity contribution in [1.29, 1.82) is 0 Å². The van der Waals surface area contributed by atoms with Gasteiger partial charge in [0.1, 0.15) is 18.0 Å². The molecule has 25 heavy (non-hydrogen) atoms. The average molecular weight is 347 g/mol. The number of amides is 1. The number of benzene rings is 1. The third-order valence-corrected chi connectivity index (χ3v) is 4.17. The molecule has 0 radical (unpaired) electrons. The van der Waals surface area contributed by atoms with Gasteiger partial charge in [0.05, 0.1) is 18.3 Å². The molecule has 1 aromatic carbocycles. The molecule has 0 bridgehead atoms. The van der Waals surface area contributed by atoms with E-state index in [9.17, 15) is 13.6 Å². The minimum absolute atomic E-state index is 0.162. The van der Waals surface area contributed by atoms with Crippen molar-refractivity contribution in [3.63, 3.8) is 0 Å². The Morgan fingerprint density at radius 2 is 2.16 bits per heavy atom. The highest BCUT2D eigenvalue weighted by Gasteiger charge is 2.26. The van der Waals surface area contributed by atoms with Gasteiger partial charge in [0, 0.05) is 24.5 Å². The molecule has 5 nitrogen and oxygen atoms in total. The molecule has 2 aromatic rings. The number of halogens is 2. The van der Waals surface area contributed by atoms with Crippen LogP contribution in [0.3, 0.4) is 0 Å². The molecule has 1 fully saturated rings.